The topological polar surface area (TPSA) is 49.8 Å². The van der Waals surface area contributed by atoms with Crippen LogP contribution in [0.5, 0.6) is 0 Å². The van der Waals surface area contributed by atoms with Crippen LogP contribution < -0.4 is 4.90 Å². The monoisotopic (exact) mass is 459 g/mol. The van der Waals surface area contributed by atoms with E-state index in [9.17, 15) is 5.26 Å². The Kier molecular flexibility index (Phi) is 4.33. The number of imidazole rings is 1. The third-order valence-electron chi connectivity index (χ3n) is 8.68. The average molecular weight is 460 g/mol. The normalized spacial score (nSPS) is 17.3. The molecule has 35 heavy (non-hydrogen) atoms. The molecular weight excluding hydrogens is 430 g/mol. The van der Waals surface area contributed by atoms with Crippen molar-refractivity contribution in [2.45, 2.75) is 46.1 Å². The first-order chi connectivity index (χ1) is 17.0. The smallest absolute Gasteiger partial charge is 0.161 e. The Morgan fingerprint density at radius 1 is 0.971 bits per heavy atom. The minimum atomic E-state index is 0.585. The number of aromatic nitrogens is 3. The van der Waals surface area contributed by atoms with Gasteiger partial charge in [0.2, 0.25) is 0 Å². The highest BCUT2D eigenvalue weighted by Gasteiger charge is 2.42. The minimum absolute atomic E-state index is 0.585. The fourth-order valence-electron chi connectivity index (χ4n) is 6.34. The standard InChI is InChI=1S/C30H29N5/c1-20-21(2)35-27-9-8-26(33-13-12-30(19-33)10-3-11-30)14-25(27)18-34-17-24(15-28(34)29(35)32-20)23-6-4-22(16-31)5-7-23/h4-9,14-15,17H,3,10-13,18-19H2,1-2H3. The van der Waals surface area contributed by atoms with Crippen molar-refractivity contribution in [1.82, 2.24) is 14.1 Å². The summed E-state index contributed by atoms with van der Waals surface area (Å²) in [6.45, 7) is 7.46. The summed E-state index contributed by atoms with van der Waals surface area (Å²) in [6.07, 6.45) is 7.77. The van der Waals surface area contributed by atoms with E-state index in [1.165, 1.54) is 61.4 Å². The number of hydrogen-bond donors (Lipinski definition) is 0. The number of anilines is 1. The highest BCUT2D eigenvalue weighted by Crippen LogP contribution is 2.49. The number of fused-ring (bicyclic) bond motifs is 5. The van der Waals surface area contributed by atoms with Crippen LogP contribution in [0.15, 0.2) is 54.7 Å². The van der Waals surface area contributed by atoms with Gasteiger partial charge >= 0.3 is 0 Å². The van der Waals surface area contributed by atoms with Gasteiger partial charge in [-0.05, 0) is 86.1 Å². The SMILES string of the molecule is Cc1nc2n(c1C)-c1ccc(N3CCC4(CCC4)C3)cc1Cn1cc(-c3ccc(C#N)cc3)cc1-2. The van der Waals surface area contributed by atoms with Crippen LogP contribution in [0.2, 0.25) is 0 Å². The van der Waals surface area contributed by atoms with Gasteiger partial charge in [0.25, 0.3) is 0 Å². The van der Waals surface area contributed by atoms with Crippen molar-refractivity contribution in [2.75, 3.05) is 18.0 Å². The molecule has 1 aliphatic carbocycles. The fraction of sp³-hybridized carbons (Fsp3) is 0.333. The Bertz CT molecular complexity index is 1510. The number of aryl methyl sites for hydroxylation is 1. The molecule has 1 saturated heterocycles. The maximum absolute atomic E-state index is 9.17. The molecule has 1 spiro atoms. The first-order valence-electron chi connectivity index (χ1n) is 12.7. The van der Waals surface area contributed by atoms with Crippen LogP contribution in [0, 0.1) is 30.6 Å². The van der Waals surface area contributed by atoms with E-state index in [-0.39, 0.29) is 0 Å². The predicted octanol–water partition coefficient (Wildman–Crippen LogP) is 6.24. The zero-order chi connectivity index (χ0) is 23.7. The third kappa shape index (κ3) is 3.09. The molecule has 2 fully saturated rings. The van der Waals surface area contributed by atoms with Crippen LogP contribution in [0.3, 0.4) is 0 Å². The number of benzene rings is 2. The second kappa shape index (κ2) is 7.36. The van der Waals surface area contributed by atoms with Crippen molar-refractivity contribution in [1.29, 1.82) is 5.26 Å². The molecule has 7 rings (SSSR count). The molecule has 4 heterocycles. The lowest BCUT2D eigenvalue weighted by Crippen LogP contribution is -2.33. The molecule has 1 saturated carbocycles. The molecular formula is C30H29N5. The van der Waals surface area contributed by atoms with Gasteiger partial charge < -0.3 is 9.47 Å². The molecule has 2 aromatic carbocycles. The molecule has 0 N–H and O–H groups in total. The molecule has 0 bridgehead atoms. The summed E-state index contributed by atoms with van der Waals surface area (Å²) in [5.41, 5.74) is 10.9. The first-order valence-corrected chi connectivity index (χ1v) is 12.7. The maximum atomic E-state index is 9.17. The Hall–Kier alpha value is -3.78. The van der Waals surface area contributed by atoms with Gasteiger partial charge in [0, 0.05) is 42.8 Å². The molecule has 4 aromatic rings. The Morgan fingerprint density at radius 3 is 2.51 bits per heavy atom. The van der Waals surface area contributed by atoms with Crippen LogP contribution >= 0.6 is 0 Å². The second-order valence-electron chi connectivity index (χ2n) is 10.7. The molecule has 3 aliphatic rings. The zero-order valence-electron chi connectivity index (χ0n) is 20.4. The highest BCUT2D eigenvalue weighted by atomic mass is 15.2. The Balaban J connectivity index is 1.33. The first kappa shape index (κ1) is 20.6. The number of hydrogen-bond acceptors (Lipinski definition) is 3. The molecule has 2 aromatic heterocycles. The molecule has 174 valence electrons. The summed E-state index contributed by atoms with van der Waals surface area (Å²) in [5.74, 6) is 1.00. The lowest BCUT2D eigenvalue weighted by atomic mass is 9.68. The van der Waals surface area contributed by atoms with Gasteiger partial charge in [-0.1, -0.05) is 18.6 Å². The van der Waals surface area contributed by atoms with E-state index < -0.39 is 0 Å². The largest absolute Gasteiger partial charge is 0.371 e. The van der Waals surface area contributed by atoms with Crippen molar-refractivity contribution < 1.29 is 0 Å². The molecule has 0 amide bonds. The van der Waals surface area contributed by atoms with Crippen molar-refractivity contribution in [3.63, 3.8) is 0 Å². The molecule has 5 nitrogen and oxygen atoms in total. The van der Waals surface area contributed by atoms with Crippen molar-refractivity contribution in [2.24, 2.45) is 5.41 Å². The van der Waals surface area contributed by atoms with Crippen LogP contribution in [0.25, 0.3) is 28.3 Å². The summed E-state index contributed by atoms with van der Waals surface area (Å²) < 4.78 is 4.69. The van der Waals surface area contributed by atoms with Crippen molar-refractivity contribution in [3.8, 4) is 34.4 Å². The number of nitriles is 1. The van der Waals surface area contributed by atoms with E-state index in [0.717, 1.165) is 34.9 Å². The maximum Gasteiger partial charge on any atom is 0.161 e. The Labute approximate surface area is 206 Å². The quantitative estimate of drug-likeness (QED) is 0.314. The molecule has 0 atom stereocenters. The average Bonchev–Trinajstić information content (AvgIpc) is 3.54. The van der Waals surface area contributed by atoms with Gasteiger partial charge in [-0.2, -0.15) is 5.26 Å². The molecule has 0 radical (unpaired) electrons. The highest BCUT2D eigenvalue weighted by molar-refractivity contribution is 5.73. The molecule has 0 unspecified atom stereocenters. The summed E-state index contributed by atoms with van der Waals surface area (Å²) >= 11 is 0. The van der Waals surface area contributed by atoms with Crippen LogP contribution in [0.4, 0.5) is 5.69 Å². The van der Waals surface area contributed by atoms with E-state index in [1.54, 1.807) is 0 Å². The minimum Gasteiger partial charge on any atom is -0.371 e. The van der Waals surface area contributed by atoms with Gasteiger partial charge in [0.1, 0.15) is 0 Å². The van der Waals surface area contributed by atoms with E-state index in [2.05, 4.69) is 64.4 Å². The predicted molar refractivity (Wildman–Crippen MR) is 139 cm³/mol. The van der Waals surface area contributed by atoms with Crippen molar-refractivity contribution >= 4 is 5.69 Å². The number of rotatable bonds is 2. The lowest BCUT2D eigenvalue weighted by Gasteiger charge is -2.38. The second-order valence-corrected chi connectivity index (χ2v) is 10.7. The molecule has 5 heteroatoms. The fourth-order valence-corrected chi connectivity index (χ4v) is 6.34. The summed E-state index contributed by atoms with van der Waals surface area (Å²) in [7, 11) is 0. The van der Waals surface area contributed by atoms with E-state index in [0.29, 0.717) is 11.0 Å². The van der Waals surface area contributed by atoms with Gasteiger partial charge in [0.05, 0.1) is 28.7 Å². The van der Waals surface area contributed by atoms with Gasteiger partial charge in [-0.15, -0.1) is 0 Å². The van der Waals surface area contributed by atoms with E-state index in [4.69, 9.17) is 4.98 Å². The third-order valence-corrected chi connectivity index (χ3v) is 8.68. The van der Waals surface area contributed by atoms with Gasteiger partial charge in [-0.3, -0.25) is 4.57 Å². The van der Waals surface area contributed by atoms with E-state index in [1.807, 2.05) is 24.3 Å². The van der Waals surface area contributed by atoms with Crippen LogP contribution in [0.1, 0.15) is 48.2 Å². The van der Waals surface area contributed by atoms with Crippen LogP contribution in [-0.2, 0) is 6.54 Å². The zero-order valence-corrected chi connectivity index (χ0v) is 20.4. The molecule has 2 aliphatic heterocycles. The van der Waals surface area contributed by atoms with Crippen molar-refractivity contribution in [3.05, 3.63) is 77.2 Å². The van der Waals surface area contributed by atoms with Crippen LogP contribution in [-0.4, -0.2) is 27.2 Å². The lowest BCUT2D eigenvalue weighted by molar-refractivity contribution is 0.165. The Morgan fingerprint density at radius 2 is 1.80 bits per heavy atom. The summed E-state index contributed by atoms with van der Waals surface area (Å²) in [6, 6.07) is 19.3. The van der Waals surface area contributed by atoms with Gasteiger partial charge in [0.15, 0.2) is 5.82 Å². The summed E-state index contributed by atoms with van der Waals surface area (Å²) in [5, 5.41) is 9.17. The van der Waals surface area contributed by atoms with E-state index >= 15 is 0 Å². The number of nitrogens with zero attached hydrogens (tertiary/aromatic N) is 5. The van der Waals surface area contributed by atoms with Gasteiger partial charge in [-0.25, -0.2) is 4.98 Å². The summed E-state index contributed by atoms with van der Waals surface area (Å²) in [4.78, 5) is 7.62.